The van der Waals surface area contributed by atoms with E-state index in [1.54, 1.807) is 0 Å². The van der Waals surface area contributed by atoms with Crippen molar-refractivity contribution in [3.63, 3.8) is 0 Å². The van der Waals surface area contributed by atoms with E-state index in [0.29, 0.717) is 10.8 Å². The summed E-state index contributed by atoms with van der Waals surface area (Å²) in [4.78, 5) is 0. The highest BCUT2D eigenvalue weighted by Crippen LogP contribution is 2.65. The van der Waals surface area contributed by atoms with Gasteiger partial charge in [0, 0.05) is 0 Å². The molecule has 0 aromatic heterocycles. The van der Waals surface area contributed by atoms with Crippen molar-refractivity contribution >= 4 is 0 Å². The molecule has 1 nitrogen and oxygen atoms in total. The molecule has 0 spiro atoms. The van der Waals surface area contributed by atoms with Gasteiger partial charge in [-0.3, -0.25) is 0 Å². The fourth-order valence-electron chi connectivity index (χ4n) is 6.68. The molecule has 3 rings (SSSR count). The summed E-state index contributed by atoms with van der Waals surface area (Å²) in [7, 11) is 0. The van der Waals surface area contributed by atoms with Gasteiger partial charge >= 0.3 is 0 Å². The van der Waals surface area contributed by atoms with Gasteiger partial charge in [-0.05, 0) is 81.5 Å². The Hall–Kier alpha value is -0.0400. The minimum absolute atomic E-state index is 0.124. The van der Waals surface area contributed by atoms with Crippen LogP contribution in [0.2, 0.25) is 0 Å². The molecule has 122 valence electrons. The van der Waals surface area contributed by atoms with E-state index in [2.05, 4.69) is 41.5 Å². The number of ether oxygens (including phenoxy) is 1. The van der Waals surface area contributed by atoms with Crippen LogP contribution in [0.1, 0.15) is 92.9 Å². The predicted molar refractivity (Wildman–Crippen MR) is 89.4 cm³/mol. The molecular formula is C20H36O. The smallest absolute Gasteiger partial charge is 0.0695 e. The average molecular weight is 293 g/mol. The zero-order chi connectivity index (χ0) is 15.5. The van der Waals surface area contributed by atoms with Gasteiger partial charge in [0.25, 0.3) is 0 Å². The third kappa shape index (κ3) is 2.30. The molecule has 21 heavy (non-hydrogen) atoms. The Labute approximate surface area is 132 Å². The van der Waals surface area contributed by atoms with Gasteiger partial charge in [0.15, 0.2) is 0 Å². The summed E-state index contributed by atoms with van der Waals surface area (Å²) in [6.45, 7) is 14.7. The van der Waals surface area contributed by atoms with Crippen LogP contribution in [0.3, 0.4) is 0 Å². The van der Waals surface area contributed by atoms with Crippen molar-refractivity contribution in [1.82, 2.24) is 0 Å². The van der Waals surface area contributed by atoms with E-state index in [4.69, 9.17) is 4.74 Å². The molecule has 2 saturated carbocycles. The Morgan fingerprint density at radius 3 is 2.19 bits per heavy atom. The van der Waals surface area contributed by atoms with Gasteiger partial charge in [0.2, 0.25) is 0 Å². The third-order valence-corrected chi connectivity index (χ3v) is 7.93. The molecule has 3 fully saturated rings. The molecule has 2 aliphatic carbocycles. The monoisotopic (exact) mass is 292 g/mol. The molecule has 0 N–H and O–H groups in total. The molecule has 0 aromatic carbocycles. The van der Waals surface area contributed by atoms with Crippen LogP contribution in [0.5, 0.6) is 0 Å². The van der Waals surface area contributed by atoms with E-state index in [1.165, 1.54) is 44.9 Å². The maximum absolute atomic E-state index is 6.80. The molecule has 0 radical (unpaired) electrons. The molecular weight excluding hydrogens is 256 g/mol. The van der Waals surface area contributed by atoms with E-state index in [9.17, 15) is 0 Å². The molecule has 1 heterocycles. The predicted octanol–water partition coefficient (Wildman–Crippen LogP) is 5.97. The van der Waals surface area contributed by atoms with Crippen molar-refractivity contribution in [3.05, 3.63) is 0 Å². The molecule has 1 aliphatic heterocycles. The van der Waals surface area contributed by atoms with Crippen LogP contribution in [0.15, 0.2) is 0 Å². The maximum Gasteiger partial charge on any atom is 0.0695 e. The topological polar surface area (TPSA) is 9.23 Å². The first-order chi connectivity index (χ1) is 9.65. The van der Waals surface area contributed by atoms with Crippen molar-refractivity contribution in [2.75, 3.05) is 0 Å². The minimum atomic E-state index is 0.124. The largest absolute Gasteiger partial charge is 0.369 e. The van der Waals surface area contributed by atoms with E-state index in [0.717, 1.165) is 18.3 Å². The second-order valence-electron chi connectivity index (χ2n) is 9.75. The minimum Gasteiger partial charge on any atom is -0.369 e. The lowest BCUT2D eigenvalue weighted by Crippen LogP contribution is -2.62. The summed E-state index contributed by atoms with van der Waals surface area (Å²) in [6.07, 6.45) is 10.7. The van der Waals surface area contributed by atoms with Gasteiger partial charge in [-0.1, -0.05) is 34.1 Å². The normalized spacial score (nSPS) is 52.9. The number of rotatable bonds is 1. The van der Waals surface area contributed by atoms with Crippen LogP contribution < -0.4 is 0 Å². The number of hydrogen-bond donors (Lipinski definition) is 0. The first-order valence-electron chi connectivity index (χ1n) is 9.35. The lowest BCUT2D eigenvalue weighted by Gasteiger charge is -2.65. The van der Waals surface area contributed by atoms with Crippen LogP contribution >= 0.6 is 0 Å². The van der Waals surface area contributed by atoms with Crippen molar-refractivity contribution in [3.8, 4) is 0 Å². The SMILES string of the molecule is CC[C@@]1(C)CC[C@@H]2[C@@]3(C)CCCC(C)(C)[C@@H]3CC[C@@]2(C)O1. The van der Waals surface area contributed by atoms with Gasteiger partial charge in [-0.15, -0.1) is 0 Å². The summed E-state index contributed by atoms with van der Waals surface area (Å²) in [5.41, 5.74) is 1.28. The summed E-state index contributed by atoms with van der Waals surface area (Å²) in [5.74, 6) is 1.66. The molecule has 0 amide bonds. The second-order valence-corrected chi connectivity index (χ2v) is 9.75. The Balaban J connectivity index is 1.93. The molecule has 1 heteroatoms. The highest BCUT2D eigenvalue weighted by atomic mass is 16.5. The zero-order valence-corrected chi connectivity index (χ0v) is 15.2. The number of fused-ring (bicyclic) bond motifs is 3. The quantitative estimate of drug-likeness (QED) is 0.579. The van der Waals surface area contributed by atoms with Gasteiger partial charge in [-0.2, -0.15) is 0 Å². The molecule has 1 saturated heterocycles. The van der Waals surface area contributed by atoms with Crippen LogP contribution in [-0.2, 0) is 4.74 Å². The first-order valence-corrected chi connectivity index (χ1v) is 9.35. The van der Waals surface area contributed by atoms with Crippen molar-refractivity contribution in [2.45, 2.75) is 104 Å². The summed E-state index contributed by atoms with van der Waals surface area (Å²) in [6, 6.07) is 0. The Morgan fingerprint density at radius 2 is 1.52 bits per heavy atom. The summed E-state index contributed by atoms with van der Waals surface area (Å²) in [5, 5.41) is 0. The number of hydrogen-bond acceptors (Lipinski definition) is 1. The summed E-state index contributed by atoms with van der Waals surface area (Å²) >= 11 is 0. The summed E-state index contributed by atoms with van der Waals surface area (Å²) < 4.78 is 6.80. The molecule has 0 aromatic rings. The standard InChI is InChI=1S/C20H36O/c1-7-18(4)13-9-16-19(5)12-8-11-17(2,3)15(19)10-14-20(16,6)21-18/h15-16H,7-14H2,1-6H3/t15-,16+,18-,19-,20+/m0/s1. The van der Waals surface area contributed by atoms with E-state index in [-0.39, 0.29) is 11.2 Å². The molecule has 3 aliphatic rings. The fraction of sp³-hybridized carbons (Fsp3) is 1.00. The highest BCUT2D eigenvalue weighted by Gasteiger charge is 2.61. The van der Waals surface area contributed by atoms with E-state index in [1.807, 2.05) is 0 Å². The van der Waals surface area contributed by atoms with Crippen LogP contribution in [0.4, 0.5) is 0 Å². The van der Waals surface area contributed by atoms with Gasteiger partial charge in [0.1, 0.15) is 0 Å². The zero-order valence-electron chi connectivity index (χ0n) is 15.2. The Bertz CT molecular complexity index is 414. The van der Waals surface area contributed by atoms with Crippen LogP contribution in [-0.4, -0.2) is 11.2 Å². The van der Waals surface area contributed by atoms with Crippen LogP contribution in [0, 0.1) is 22.7 Å². The van der Waals surface area contributed by atoms with Crippen molar-refractivity contribution < 1.29 is 4.74 Å². The lowest BCUT2D eigenvalue weighted by molar-refractivity contribution is -0.265. The van der Waals surface area contributed by atoms with Crippen molar-refractivity contribution in [1.29, 1.82) is 0 Å². The Morgan fingerprint density at radius 1 is 0.857 bits per heavy atom. The fourth-order valence-corrected chi connectivity index (χ4v) is 6.68. The molecule has 0 bridgehead atoms. The van der Waals surface area contributed by atoms with Gasteiger partial charge in [0.05, 0.1) is 11.2 Å². The van der Waals surface area contributed by atoms with Crippen molar-refractivity contribution in [2.24, 2.45) is 22.7 Å². The second kappa shape index (κ2) is 4.73. The van der Waals surface area contributed by atoms with Gasteiger partial charge < -0.3 is 4.74 Å². The maximum atomic E-state index is 6.80. The van der Waals surface area contributed by atoms with E-state index >= 15 is 0 Å². The molecule has 0 unspecified atom stereocenters. The lowest BCUT2D eigenvalue weighted by atomic mass is 9.44. The van der Waals surface area contributed by atoms with Gasteiger partial charge in [-0.25, -0.2) is 0 Å². The van der Waals surface area contributed by atoms with Crippen LogP contribution in [0.25, 0.3) is 0 Å². The van der Waals surface area contributed by atoms with E-state index < -0.39 is 0 Å². The average Bonchev–Trinajstić information content (AvgIpc) is 2.36. The molecule has 5 atom stereocenters. The highest BCUT2D eigenvalue weighted by molar-refractivity contribution is 5.10. The third-order valence-electron chi connectivity index (χ3n) is 7.93. The Kier molecular flexibility index (Phi) is 3.57. The first kappa shape index (κ1) is 15.8.